The van der Waals surface area contributed by atoms with Crippen LogP contribution >= 0.6 is 27.4 Å². The van der Waals surface area contributed by atoms with Gasteiger partial charge < -0.3 is 44.8 Å². The van der Waals surface area contributed by atoms with Gasteiger partial charge in [-0.15, -0.1) is 0 Å². The van der Waals surface area contributed by atoms with Gasteiger partial charge in [-0.25, -0.2) is 24.1 Å². The number of aliphatic hydroxyl groups is 2. The monoisotopic (exact) mass is 996 g/mol. The number of aromatic nitrogens is 4. The van der Waals surface area contributed by atoms with Gasteiger partial charge in [0.05, 0.1) is 12.9 Å². The van der Waals surface area contributed by atoms with E-state index in [1.807, 2.05) is 0 Å². The van der Waals surface area contributed by atoms with Gasteiger partial charge in [0.15, 0.2) is 24.0 Å². The minimum absolute atomic E-state index is 0.0515. The summed E-state index contributed by atoms with van der Waals surface area (Å²) in [5.41, 5.74) is 6.38. The number of phosphoric acid groups is 2. The Hall–Kier alpha value is -1.73. The van der Waals surface area contributed by atoms with Crippen LogP contribution in [0.4, 0.5) is 5.82 Å². The van der Waals surface area contributed by atoms with E-state index in [-0.39, 0.29) is 41.2 Å². The molecule has 1 fully saturated rings. The molecule has 2 aromatic rings. The van der Waals surface area contributed by atoms with Crippen LogP contribution in [0.3, 0.4) is 0 Å². The lowest BCUT2D eigenvalue weighted by Crippen LogP contribution is -2.42. The van der Waals surface area contributed by atoms with E-state index in [9.17, 15) is 29.0 Å². The molecule has 0 amide bonds. The lowest BCUT2D eigenvalue weighted by Gasteiger charge is -2.26. The number of unbranched alkanes of at least 4 members (excludes halogenated alkanes) is 23. The summed E-state index contributed by atoms with van der Waals surface area (Å²) in [6.07, 6.45) is 25.0. The number of carbonyl (C=O) groups is 1. The summed E-state index contributed by atoms with van der Waals surface area (Å²) in [4.78, 5) is 53.8. The summed E-state index contributed by atoms with van der Waals surface area (Å²) in [5.74, 6) is 0.0906. The zero-order chi connectivity index (χ0) is 48.2. The zero-order valence-electron chi connectivity index (χ0n) is 39.9. The first kappa shape index (κ1) is 58.6. The average Bonchev–Trinajstić information content (AvgIpc) is 3.84. The fourth-order valence-corrected chi connectivity index (χ4v) is 10.9. The Morgan fingerprint density at radius 1 is 0.803 bits per heavy atom. The van der Waals surface area contributed by atoms with Gasteiger partial charge in [0.2, 0.25) is 0 Å². The Balaban J connectivity index is 1.61. The number of carbonyl (C=O) groups excluding carboxylic acids is 1. The molecule has 3 rings (SSSR count). The van der Waals surface area contributed by atoms with Gasteiger partial charge >= 0.3 is 21.6 Å². The number of nitrogens with two attached hydrogens (primary N) is 1. The topological polar surface area (TPSA) is 268 Å². The van der Waals surface area contributed by atoms with Crippen LogP contribution in [0, 0.1) is 0 Å². The molecule has 382 valence electrons. The number of phosphoric ester groups is 1. The molecule has 21 heteroatoms. The highest BCUT2D eigenvalue weighted by Gasteiger charge is 2.51. The molecule has 0 saturated carbocycles. The minimum atomic E-state index is -5.57. The fourth-order valence-electron chi connectivity index (χ4n) is 8.22. The maximum absolute atomic E-state index is 13.3. The normalized spacial score (nSPS) is 20.1. The molecule has 4 unspecified atom stereocenters. The maximum Gasteiger partial charge on any atom is 0.483 e. The third-order valence-electron chi connectivity index (χ3n) is 11.9. The highest BCUT2D eigenvalue weighted by Crippen LogP contribution is 2.58. The van der Waals surface area contributed by atoms with Gasteiger partial charge in [-0.2, -0.15) is 16.1 Å². The highest BCUT2D eigenvalue weighted by molar-refractivity contribution is 7.99. The van der Waals surface area contributed by atoms with Crippen LogP contribution in [0.1, 0.15) is 200 Å². The van der Waals surface area contributed by atoms with Gasteiger partial charge in [-0.3, -0.25) is 13.9 Å². The van der Waals surface area contributed by atoms with E-state index >= 15 is 0 Å². The van der Waals surface area contributed by atoms with Crippen molar-refractivity contribution in [3.8, 4) is 0 Å². The van der Waals surface area contributed by atoms with Crippen LogP contribution in [-0.2, 0) is 37.0 Å². The smallest absolute Gasteiger partial charge is 0.459 e. The molecule has 0 spiro atoms. The van der Waals surface area contributed by atoms with E-state index in [0.717, 1.165) is 38.5 Å². The number of nitrogens with zero attached hydrogens (tertiary/aromatic N) is 4. The summed E-state index contributed by atoms with van der Waals surface area (Å²) < 4.78 is 51.6. The van der Waals surface area contributed by atoms with Crippen molar-refractivity contribution in [3.05, 3.63) is 12.7 Å². The number of hydrogen-bond acceptors (Lipinski definition) is 15. The zero-order valence-corrected chi connectivity index (χ0v) is 42.5. The number of rotatable bonds is 40. The molecule has 0 radical (unpaired) electrons. The predicted molar refractivity (Wildman–Crippen MR) is 257 cm³/mol. The second-order valence-corrected chi connectivity index (χ2v) is 22.1. The Kier molecular flexibility index (Phi) is 29.3. The maximum atomic E-state index is 13.3. The van der Waals surface area contributed by atoms with Crippen LogP contribution in [-0.4, -0.2) is 98.7 Å². The second-order valence-electron chi connectivity index (χ2n) is 17.8. The molecule has 3 heterocycles. The number of fused-ring (bicyclic) bond motifs is 1. The second kappa shape index (κ2) is 33.0. The molecule has 1 saturated heterocycles. The number of anilines is 1. The molecule has 1 aliphatic rings. The van der Waals surface area contributed by atoms with Gasteiger partial charge in [0.25, 0.3) is 0 Å². The van der Waals surface area contributed by atoms with Crippen molar-refractivity contribution < 1.29 is 61.9 Å². The first-order valence-electron chi connectivity index (χ1n) is 24.8. The predicted octanol–water partition coefficient (Wildman–Crippen LogP) is 10.2. The van der Waals surface area contributed by atoms with Gasteiger partial charge in [0, 0.05) is 17.4 Å². The van der Waals surface area contributed by atoms with E-state index in [1.54, 1.807) is 11.8 Å². The first-order valence-corrected chi connectivity index (χ1v) is 28.9. The quantitative estimate of drug-likeness (QED) is 0.0157. The van der Waals surface area contributed by atoms with E-state index < -0.39 is 52.6 Å². The van der Waals surface area contributed by atoms with Crippen LogP contribution in [0.15, 0.2) is 12.7 Å². The number of nitrogen functional groups attached to an aromatic ring is 1. The summed E-state index contributed by atoms with van der Waals surface area (Å²) in [7, 11) is -11.1. The van der Waals surface area contributed by atoms with Crippen molar-refractivity contribution in [1.82, 2.24) is 19.5 Å². The highest BCUT2D eigenvalue weighted by atomic mass is 32.2. The minimum Gasteiger partial charge on any atom is -0.459 e. The van der Waals surface area contributed by atoms with Crippen molar-refractivity contribution in [2.24, 2.45) is 0 Å². The average molecular weight is 996 g/mol. The van der Waals surface area contributed by atoms with Crippen LogP contribution in [0.25, 0.3) is 11.2 Å². The number of esters is 1. The largest absolute Gasteiger partial charge is 0.483 e. The van der Waals surface area contributed by atoms with Crippen molar-refractivity contribution in [2.75, 3.05) is 18.1 Å². The Morgan fingerprint density at radius 2 is 1.32 bits per heavy atom. The Bertz CT molecular complexity index is 1710. The van der Waals surface area contributed by atoms with Crippen LogP contribution in [0.5, 0.6) is 0 Å². The number of thioether (sulfide) groups is 1. The van der Waals surface area contributed by atoms with E-state index in [1.165, 1.54) is 139 Å². The lowest BCUT2D eigenvalue weighted by atomic mass is 10.0. The van der Waals surface area contributed by atoms with Crippen molar-refractivity contribution in [1.29, 1.82) is 0 Å². The number of imidazole rings is 1. The van der Waals surface area contributed by atoms with E-state index in [0.29, 0.717) is 12.2 Å². The van der Waals surface area contributed by atoms with Crippen LogP contribution in [0.2, 0.25) is 0 Å². The van der Waals surface area contributed by atoms with Crippen molar-refractivity contribution in [2.45, 2.75) is 236 Å². The molecule has 7 N–H and O–H groups in total. The first-order chi connectivity index (χ1) is 31.7. The Morgan fingerprint density at radius 3 is 1.85 bits per heavy atom. The Labute approximate surface area is 397 Å². The number of aliphatic hydroxyl groups excluding tert-OH is 2. The fraction of sp³-hybridized carbons (Fsp3) is 0.867. The van der Waals surface area contributed by atoms with Gasteiger partial charge in [0.1, 0.15) is 36.3 Å². The van der Waals surface area contributed by atoms with E-state index in [4.69, 9.17) is 29.7 Å². The third-order valence-corrected chi connectivity index (χ3v) is 15.5. The molecule has 18 nitrogen and oxygen atoms in total. The van der Waals surface area contributed by atoms with Crippen LogP contribution < -0.4 is 5.73 Å². The molecule has 1 aliphatic heterocycles. The molecule has 2 aromatic heterocycles. The molecule has 0 aliphatic carbocycles. The molecule has 0 aromatic carbocycles. The van der Waals surface area contributed by atoms with Gasteiger partial charge in [-0.05, 0) is 12.8 Å². The van der Waals surface area contributed by atoms with E-state index in [2.05, 4.69) is 44.6 Å². The number of hydrogen-bond donors (Lipinski definition) is 6. The molecular weight excluding hydrogens is 913 g/mol. The number of ether oxygens (including phenoxy) is 3. The molecule has 0 bridgehead atoms. The molecular formula is C45H83N5O13P2S. The third kappa shape index (κ3) is 23.7. The van der Waals surface area contributed by atoms with Gasteiger partial charge in [-0.1, -0.05) is 175 Å². The SMILES string of the molecule is CCCCCCCCCCCCCCCC(=O)OC(CO[C@H]1[C@H](O)[C@@H](C(O)OP(=O)(O)OP(=O)(O)O)O[C@H]1n1cnc2c(N)ncnc21)CSC(C)CCCCCCCCCCCCCC. The molecule has 66 heavy (non-hydrogen) atoms. The van der Waals surface area contributed by atoms with Crippen molar-refractivity contribution >= 4 is 50.4 Å². The molecule has 8 atom stereocenters. The lowest BCUT2D eigenvalue weighted by molar-refractivity contribution is -0.161. The summed E-state index contributed by atoms with van der Waals surface area (Å²) in [6.45, 7) is 6.44. The standard InChI is InChI=1S/C45H83N5O13P2S/c1-4-6-8-10-12-14-16-18-20-22-24-26-28-30-37(51)60-36(32-66-35(3)29-27-25-23-21-19-17-15-13-11-9-7-5-2)31-59-40-39(52)41(45(53)62-65(57,58)63-64(54,55)56)61-44(40)50-34-49-38-42(46)47-33-48-43(38)50/h33-36,39-41,44-45,52-53H,4-32H2,1-3H3,(H,57,58)(H2,46,47,48)(H2,54,55,56)/t35?,36?,39-,40-,41-,44+,45?/m0/s1. The summed E-state index contributed by atoms with van der Waals surface area (Å²) >= 11 is 1.66. The van der Waals surface area contributed by atoms with Crippen molar-refractivity contribution in [3.63, 3.8) is 0 Å². The summed E-state index contributed by atoms with van der Waals surface area (Å²) in [6, 6.07) is 0. The summed E-state index contributed by atoms with van der Waals surface area (Å²) in [5, 5.41) is 22.6.